The molecule has 1 aromatic carbocycles. The summed E-state index contributed by atoms with van der Waals surface area (Å²) in [5.41, 5.74) is 2.71. The minimum absolute atomic E-state index is 0.0482. The molecule has 3 aromatic rings. The monoisotopic (exact) mass is 423 g/mol. The molecule has 8 nitrogen and oxygen atoms in total. The van der Waals surface area contributed by atoms with Gasteiger partial charge in [0.2, 0.25) is 0 Å². The van der Waals surface area contributed by atoms with Crippen LogP contribution in [0.4, 0.5) is 5.69 Å². The molecule has 9 heteroatoms. The second-order valence-electron chi connectivity index (χ2n) is 6.97. The molecule has 0 unspecified atom stereocenters. The van der Waals surface area contributed by atoms with Gasteiger partial charge in [0.05, 0.1) is 22.7 Å². The maximum atomic E-state index is 11.0. The molecule has 2 N–H and O–H groups in total. The Morgan fingerprint density at radius 1 is 1.17 bits per heavy atom. The molecule has 154 valence electrons. The maximum absolute atomic E-state index is 11.0. The molecule has 0 radical (unpaired) electrons. The minimum atomic E-state index is -0.409. The number of aromatic nitrogens is 2. The number of thiocarbonyl (C=S) groups is 1. The van der Waals surface area contributed by atoms with Crippen LogP contribution >= 0.6 is 12.2 Å². The van der Waals surface area contributed by atoms with Crippen molar-refractivity contribution >= 4 is 23.0 Å². The molecule has 4 rings (SSSR count). The van der Waals surface area contributed by atoms with Crippen molar-refractivity contribution in [3.63, 3.8) is 0 Å². The molecule has 1 saturated heterocycles. The first-order valence-electron chi connectivity index (χ1n) is 9.61. The second-order valence-corrected chi connectivity index (χ2v) is 7.36. The summed E-state index contributed by atoms with van der Waals surface area (Å²) in [7, 11) is 0. The minimum Gasteiger partial charge on any atom is -0.396 e. The van der Waals surface area contributed by atoms with Crippen LogP contribution in [0.5, 0.6) is 0 Å². The van der Waals surface area contributed by atoms with E-state index in [9.17, 15) is 15.2 Å². The number of pyridine rings is 1. The number of nitrogens with one attached hydrogen (secondary N) is 1. The first-order chi connectivity index (χ1) is 14.6. The van der Waals surface area contributed by atoms with Gasteiger partial charge in [-0.1, -0.05) is 6.07 Å². The van der Waals surface area contributed by atoms with Gasteiger partial charge in [-0.25, -0.2) is 0 Å². The van der Waals surface area contributed by atoms with E-state index in [0.29, 0.717) is 18.1 Å². The number of nitro benzene ring substituents is 1. The highest BCUT2D eigenvalue weighted by molar-refractivity contribution is 7.80. The van der Waals surface area contributed by atoms with Crippen LogP contribution in [0.3, 0.4) is 0 Å². The average molecular weight is 423 g/mol. The predicted octanol–water partition coefficient (Wildman–Crippen LogP) is 3.14. The lowest BCUT2D eigenvalue weighted by Gasteiger charge is -2.28. The highest BCUT2D eigenvalue weighted by atomic mass is 32.1. The number of non-ortho nitro benzene ring substituents is 1. The van der Waals surface area contributed by atoms with Crippen molar-refractivity contribution in [3.05, 3.63) is 88.5 Å². The Kier molecular flexibility index (Phi) is 5.73. The number of nitrogens with zero attached hydrogens (tertiary/aromatic N) is 4. The molecule has 0 saturated carbocycles. The third-order valence-electron chi connectivity index (χ3n) is 5.18. The van der Waals surface area contributed by atoms with E-state index in [0.717, 1.165) is 17.1 Å². The van der Waals surface area contributed by atoms with Crippen molar-refractivity contribution in [2.24, 2.45) is 0 Å². The zero-order chi connectivity index (χ0) is 21.1. The fourth-order valence-electron chi connectivity index (χ4n) is 3.81. The Labute approximate surface area is 178 Å². The Bertz CT molecular complexity index is 1040. The van der Waals surface area contributed by atoms with Crippen LogP contribution < -0.4 is 5.32 Å². The fraction of sp³-hybridized carbons (Fsp3) is 0.238. The zero-order valence-electron chi connectivity index (χ0n) is 16.1. The predicted molar refractivity (Wildman–Crippen MR) is 116 cm³/mol. The second kappa shape index (κ2) is 8.60. The quantitative estimate of drug-likeness (QED) is 0.342. The van der Waals surface area contributed by atoms with E-state index in [4.69, 9.17) is 12.2 Å². The van der Waals surface area contributed by atoms with Crippen LogP contribution in [0, 0.1) is 10.1 Å². The van der Waals surface area contributed by atoms with E-state index < -0.39 is 4.92 Å². The molecule has 2 aromatic heterocycles. The van der Waals surface area contributed by atoms with E-state index in [-0.39, 0.29) is 24.4 Å². The summed E-state index contributed by atoms with van der Waals surface area (Å²) in [6.07, 6.45) is 4.27. The molecule has 1 fully saturated rings. The van der Waals surface area contributed by atoms with Crippen molar-refractivity contribution in [1.29, 1.82) is 0 Å². The zero-order valence-corrected chi connectivity index (χ0v) is 16.9. The Balaban J connectivity index is 1.76. The smallest absolute Gasteiger partial charge is 0.269 e. The van der Waals surface area contributed by atoms with Gasteiger partial charge >= 0.3 is 0 Å². The maximum Gasteiger partial charge on any atom is 0.269 e. The third kappa shape index (κ3) is 3.77. The topological polar surface area (TPSA) is 96.5 Å². The lowest BCUT2D eigenvalue weighted by Crippen LogP contribution is -2.31. The van der Waals surface area contributed by atoms with Crippen LogP contribution in [0.15, 0.2) is 67.0 Å². The highest BCUT2D eigenvalue weighted by Gasteiger charge is 2.40. The standard InChI is InChI=1S/C21H21N5O3S/c27-14-4-13-25-20(19(23-21(25)30)17-5-1-2-11-22-17)18-6-3-12-24(18)15-7-9-16(10-8-15)26(28)29/h1-3,5-12,19-20,27H,4,13-14H2,(H,23,30)/t19-,20+/m1/s1. The summed E-state index contributed by atoms with van der Waals surface area (Å²) in [5.74, 6) is 0. The summed E-state index contributed by atoms with van der Waals surface area (Å²) in [6, 6.07) is 15.9. The molecule has 1 aliphatic heterocycles. The van der Waals surface area contributed by atoms with Crippen LogP contribution in [-0.4, -0.2) is 42.7 Å². The van der Waals surface area contributed by atoms with Crippen molar-refractivity contribution in [3.8, 4) is 5.69 Å². The van der Waals surface area contributed by atoms with Gasteiger partial charge in [-0.15, -0.1) is 0 Å². The van der Waals surface area contributed by atoms with Gasteiger partial charge in [0.1, 0.15) is 0 Å². The van der Waals surface area contributed by atoms with Crippen molar-refractivity contribution in [1.82, 2.24) is 19.8 Å². The SMILES string of the molecule is O=[N+]([O-])c1ccc(-n2cccc2[C@H]2[C@@H](c3ccccn3)NC(=S)N2CCCO)cc1. The molecule has 30 heavy (non-hydrogen) atoms. The van der Waals surface area contributed by atoms with Crippen LogP contribution in [0.2, 0.25) is 0 Å². The summed E-state index contributed by atoms with van der Waals surface area (Å²) >= 11 is 5.61. The van der Waals surface area contributed by atoms with Crippen LogP contribution in [0.1, 0.15) is 29.9 Å². The molecule has 0 spiro atoms. The van der Waals surface area contributed by atoms with Gasteiger partial charge in [0.15, 0.2) is 5.11 Å². The van der Waals surface area contributed by atoms with Crippen molar-refractivity contribution in [2.45, 2.75) is 18.5 Å². The van der Waals surface area contributed by atoms with Gasteiger partial charge in [0, 0.05) is 49.1 Å². The van der Waals surface area contributed by atoms with E-state index in [1.54, 1.807) is 18.3 Å². The van der Waals surface area contributed by atoms with Gasteiger partial charge in [-0.2, -0.15) is 0 Å². The number of hydrogen-bond donors (Lipinski definition) is 2. The van der Waals surface area contributed by atoms with E-state index in [1.807, 2.05) is 41.1 Å². The Morgan fingerprint density at radius 2 is 1.97 bits per heavy atom. The van der Waals surface area contributed by atoms with Crippen LogP contribution in [-0.2, 0) is 0 Å². The first-order valence-corrected chi connectivity index (χ1v) is 10.0. The number of hydrogen-bond acceptors (Lipinski definition) is 5. The molecule has 3 heterocycles. The molecule has 1 aliphatic rings. The van der Waals surface area contributed by atoms with E-state index in [2.05, 4.69) is 15.2 Å². The summed E-state index contributed by atoms with van der Waals surface area (Å²) in [5, 5.41) is 24.3. The first kappa shape index (κ1) is 20.0. The molecular formula is C21H21N5O3S. The fourth-order valence-corrected chi connectivity index (χ4v) is 4.15. The lowest BCUT2D eigenvalue weighted by atomic mass is 10.0. The third-order valence-corrected chi connectivity index (χ3v) is 5.53. The number of benzene rings is 1. The summed E-state index contributed by atoms with van der Waals surface area (Å²) < 4.78 is 2.01. The van der Waals surface area contributed by atoms with Gasteiger partial charge < -0.3 is 19.9 Å². The lowest BCUT2D eigenvalue weighted by molar-refractivity contribution is -0.384. The normalized spacial score (nSPS) is 18.4. The van der Waals surface area contributed by atoms with Gasteiger partial charge in [-0.3, -0.25) is 15.1 Å². The summed E-state index contributed by atoms with van der Waals surface area (Å²) in [4.78, 5) is 17.2. The highest BCUT2D eigenvalue weighted by Crippen LogP contribution is 2.39. The Hall–Kier alpha value is -3.30. The molecule has 0 aliphatic carbocycles. The van der Waals surface area contributed by atoms with Crippen LogP contribution in [0.25, 0.3) is 5.69 Å². The largest absolute Gasteiger partial charge is 0.396 e. The summed E-state index contributed by atoms with van der Waals surface area (Å²) in [6.45, 7) is 0.672. The number of rotatable bonds is 7. The van der Waals surface area contributed by atoms with Gasteiger partial charge in [-0.05, 0) is 55.0 Å². The number of aliphatic hydroxyl groups is 1. The van der Waals surface area contributed by atoms with Crippen molar-refractivity contribution in [2.75, 3.05) is 13.2 Å². The molecule has 0 amide bonds. The van der Waals surface area contributed by atoms with E-state index >= 15 is 0 Å². The van der Waals surface area contributed by atoms with Gasteiger partial charge in [0.25, 0.3) is 5.69 Å². The number of nitro groups is 1. The number of aliphatic hydroxyl groups excluding tert-OH is 1. The molecule has 0 bridgehead atoms. The van der Waals surface area contributed by atoms with Crippen molar-refractivity contribution < 1.29 is 10.0 Å². The molecular weight excluding hydrogens is 402 g/mol. The average Bonchev–Trinajstić information content (AvgIpc) is 3.37. The van der Waals surface area contributed by atoms with E-state index in [1.165, 1.54) is 12.1 Å². The Morgan fingerprint density at radius 3 is 2.63 bits per heavy atom. The molecule has 2 atom stereocenters.